The summed E-state index contributed by atoms with van der Waals surface area (Å²) in [5, 5.41) is 4.17. The number of pyridine rings is 1. The molecule has 5 nitrogen and oxygen atoms in total. The van der Waals surface area contributed by atoms with Gasteiger partial charge in [0.2, 0.25) is 0 Å². The Morgan fingerprint density at radius 2 is 2.00 bits per heavy atom. The number of ether oxygens (including phenoxy) is 1. The van der Waals surface area contributed by atoms with Crippen molar-refractivity contribution in [2.75, 3.05) is 26.2 Å². The molecule has 0 radical (unpaired) electrons. The maximum Gasteiger partial charge on any atom is 0.415 e. The molecule has 1 saturated heterocycles. The molecule has 1 aliphatic rings. The zero-order valence-electron chi connectivity index (χ0n) is 10.5. The highest BCUT2D eigenvalue weighted by Gasteiger charge is 2.19. The summed E-state index contributed by atoms with van der Waals surface area (Å²) in [5.41, 5.74) is 0.716. The van der Waals surface area contributed by atoms with Crippen LogP contribution in [0.1, 0.15) is 0 Å². The zero-order chi connectivity index (χ0) is 13.1. The molecule has 5 heteroatoms. The van der Waals surface area contributed by atoms with Crippen LogP contribution < -0.4 is 10.1 Å². The van der Waals surface area contributed by atoms with Crippen LogP contribution in [0.15, 0.2) is 36.5 Å². The smallest absolute Gasteiger partial charge is 0.408 e. The van der Waals surface area contributed by atoms with Crippen molar-refractivity contribution in [3.63, 3.8) is 0 Å². The number of carbonyl (C=O) groups is 1. The SMILES string of the molecule is O=C(Oc1cccc2cccnc12)N1CCNCC1. The highest BCUT2D eigenvalue weighted by Crippen LogP contribution is 2.23. The van der Waals surface area contributed by atoms with Crippen LogP contribution in [0.25, 0.3) is 10.9 Å². The number of benzene rings is 1. The number of carbonyl (C=O) groups excluding carboxylic acids is 1. The summed E-state index contributed by atoms with van der Waals surface area (Å²) in [5.74, 6) is 0.515. The van der Waals surface area contributed by atoms with E-state index >= 15 is 0 Å². The minimum Gasteiger partial charge on any atom is -0.408 e. The number of para-hydroxylation sites is 1. The van der Waals surface area contributed by atoms with Gasteiger partial charge in [0.1, 0.15) is 5.52 Å². The van der Waals surface area contributed by atoms with Gasteiger partial charge in [0.25, 0.3) is 0 Å². The van der Waals surface area contributed by atoms with Crippen LogP contribution in [0.5, 0.6) is 5.75 Å². The van der Waals surface area contributed by atoms with Crippen molar-refractivity contribution >= 4 is 17.0 Å². The van der Waals surface area contributed by atoms with Crippen LogP contribution in [-0.2, 0) is 0 Å². The van der Waals surface area contributed by atoms with Gasteiger partial charge < -0.3 is 15.0 Å². The number of hydrogen-bond acceptors (Lipinski definition) is 4. The normalized spacial score (nSPS) is 15.5. The predicted molar refractivity (Wildman–Crippen MR) is 72.2 cm³/mol. The van der Waals surface area contributed by atoms with Gasteiger partial charge in [0.05, 0.1) is 0 Å². The van der Waals surface area contributed by atoms with Crippen molar-refractivity contribution in [3.05, 3.63) is 36.5 Å². The standard InChI is InChI=1S/C14H15N3O2/c18-14(17-9-7-15-8-10-17)19-12-5-1-3-11-4-2-6-16-13(11)12/h1-6,15H,7-10H2. The molecule has 0 spiro atoms. The number of aromatic nitrogens is 1. The molecule has 1 aliphatic heterocycles. The molecule has 1 aromatic carbocycles. The Morgan fingerprint density at radius 3 is 2.84 bits per heavy atom. The fourth-order valence-electron chi connectivity index (χ4n) is 2.16. The van der Waals surface area contributed by atoms with Crippen molar-refractivity contribution < 1.29 is 9.53 Å². The van der Waals surface area contributed by atoms with Crippen LogP contribution in [0.2, 0.25) is 0 Å². The highest BCUT2D eigenvalue weighted by atomic mass is 16.6. The largest absolute Gasteiger partial charge is 0.415 e. The number of hydrogen-bond donors (Lipinski definition) is 1. The second-order valence-corrected chi connectivity index (χ2v) is 4.44. The Kier molecular flexibility index (Phi) is 3.29. The van der Waals surface area contributed by atoms with E-state index in [0.29, 0.717) is 24.4 Å². The lowest BCUT2D eigenvalue weighted by Crippen LogP contribution is -2.47. The number of amides is 1. The molecule has 0 aliphatic carbocycles. The van der Waals surface area contributed by atoms with Crippen LogP contribution in [0.4, 0.5) is 4.79 Å². The number of nitrogens with zero attached hydrogens (tertiary/aromatic N) is 2. The first-order valence-corrected chi connectivity index (χ1v) is 6.36. The molecule has 0 saturated carbocycles. The molecule has 1 amide bonds. The van der Waals surface area contributed by atoms with Gasteiger partial charge in [-0.05, 0) is 12.1 Å². The van der Waals surface area contributed by atoms with Gasteiger partial charge in [0.15, 0.2) is 5.75 Å². The number of nitrogens with one attached hydrogen (secondary N) is 1. The quantitative estimate of drug-likeness (QED) is 0.843. The Bertz CT molecular complexity index is 589. The molecular weight excluding hydrogens is 242 g/mol. The number of fused-ring (bicyclic) bond motifs is 1. The van der Waals surface area contributed by atoms with E-state index in [9.17, 15) is 4.79 Å². The third-order valence-electron chi connectivity index (χ3n) is 3.17. The third kappa shape index (κ3) is 2.51. The molecule has 0 bridgehead atoms. The minimum absolute atomic E-state index is 0.306. The first-order valence-electron chi connectivity index (χ1n) is 6.36. The summed E-state index contributed by atoms with van der Waals surface area (Å²) in [7, 11) is 0. The summed E-state index contributed by atoms with van der Waals surface area (Å²) in [6.07, 6.45) is 1.39. The Hall–Kier alpha value is -2.14. The summed E-state index contributed by atoms with van der Waals surface area (Å²) in [6.45, 7) is 2.97. The van der Waals surface area contributed by atoms with Crippen molar-refractivity contribution in [1.29, 1.82) is 0 Å². The maximum absolute atomic E-state index is 12.1. The highest BCUT2D eigenvalue weighted by molar-refractivity contribution is 5.86. The van der Waals surface area contributed by atoms with Crippen LogP contribution in [-0.4, -0.2) is 42.2 Å². The van der Waals surface area contributed by atoms with Crippen LogP contribution >= 0.6 is 0 Å². The Balaban J connectivity index is 1.82. The van der Waals surface area contributed by atoms with Gasteiger partial charge in [-0.2, -0.15) is 0 Å². The predicted octanol–water partition coefficient (Wildman–Crippen LogP) is 1.64. The van der Waals surface area contributed by atoms with E-state index in [1.807, 2.05) is 24.3 Å². The van der Waals surface area contributed by atoms with Gasteiger partial charge in [-0.15, -0.1) is 0 Å². The molecule has 1 aromatic heterocycles. The molecule has 1 N–H and O–H groups in total. The summed E-state index contributed by atoms with van der Waals surface area (Å²) in [4.78, 5) is 18.0. The van der Waals surface area contributed by atoms with E-state index in [4.69, 9.17) is 4.74 Å². The van der Waals surface area contributed by atoms with Gasteiger partial charge >= 0.3 is 6.09 Å². The number of rotatable bonds is 1. The lowest BCUT2D eigenvalue weighted by Gasteiger charge is -2.26. The first-order chi connectivity index (χ1) is 9.34. The molecule has 1 fully saturated rings. The summed E-state index contributed by atoms with van der Waals surface area (Å²) in [6, 6.07) is 9.40. The molecule has 19 heavy (non-hydrogen) atoms. The molecular formula is C14H15N3O2. The van der Waals surface area contributed by atoms with E-state index in [2.05, 4.69) is 10.3 Å². The van der Waals surface area contributed by atoms with E-state index in [1.165, 1.54) is 0 Å². The van der Waals surface area contributed by atoms with Gasteiger partial charge in [-0.25, -0.2) is 4.79 Å². The second-order valence-electron chi connectivity index (χ2n) is 4.44. The second kappa shape index (κ2) is 5.24. The topological polar surface area (TPSA) is 54.5 Å². The third-order valence-corrected chi connectivity index (χ3v) is 3.17. The fraction of sp³-hybridized carbons (Fsp3) is 0.286. The Labute approximate surface area is 111 Å². The molecule has 3 rings (SSSR count). The van der Waals surface area contributed by atoms with Crippen molar-refractivity contribution in [2.24, 2.45) is 0 Å². The minimum atomic E-state index is -0.306. The molecule has 98 valence electrons. The van der Waals surface area contributed by atoms with Gasteiger partial charge in [-0.3, -0.25) is 4.98 Å². The maximum atomic E-state index is 12.1. The molecule has 2 aromatic rings. The number of piperazine rings is 1. The summed E-state index contributed by atoms with van der Waals surface area (Å²) < 4.78 is 5.46. The van der Waals surface area contributed by atoms with Crippen molar-refractivity contribution in [1.82, 2.24) is 15.2 Å². The van der Waals surface area contributed by atoms with Gasteiger partial charge in [-0.1, -0.05) is 18.2 Å². The van der Waals surface area contributed by atoms with E-state index in [0.717, 1.165) is 18.5 Å². The van der Waals surface area contributed by atoms with E-state index in [-0.39, 0.29) is 6.09 Å². The lowest BCUT2D eigenvalue weighted by atomic mass is 10.2. The fourth-order valence-corrected chi connectivity index (χ4v) is 2.16. The Morgan fingerprint density at radius 1 is 1.21 bits per heavy atom. The monoisotopic (exact) mass is 257 g/mol. The average molecular weight is 257 g/mol. The summed E-state index contributed by atoms with van der Waals surface area (Å²) >= 11 is 0. The van der Waals surface area contributed by atoms with E-state index < -0.39 is 0 Å². The zero-order valence-corrected chi connectivity index (χ0v) is 10.5. The van der Waals surface area contributed by atoms with Crippen molar-refractivity contribution in [3.8, 4) is 5.75 Å². The van der Waals surface area contributed by atoms with Gasteiger partial charge in [0, 0.05) is 37.8 Å². The van der Waals surface area contributed by atoms with Crippen LogP contribution in [0.3, 0.4) is 0 Å². The molecule has 0 atom stereocenters. The van der Waals surface area contributed by atoms with Crippen molar-refractivity contribution in [2.45, 2.75) is 0 Å². The lowest BCUT2D eigenvalue weighted by molar-refractivity contribution is 0.146. The van der Waals surface area contributed by atoms with E-state index in [1.54, 1.807) is 17.2 Å². The first kappa shape index (κ1) is 11.9. The average Bonchev–Trinajstić information content (AvgIpc) is 2.48. The molecule has 0 unspecified atom stereocenters. The van der Waals surface area contributed by atoms with Crippen LogP contribution in [0, 0.1) is 0 Å². The molecule has 2 heterocycles.